The molecule has 0 bridgehead atoms. The Morgan fingerprint density at radius 3 is 2.89 bits per heavy atom. The average Bonchev–Trinajstić information content (AvgIpc) is 3.18. The van der Waals surface area contributed by atoms with Crippen LogP contribution in [0.1, 0.15) is 32.4 Å². The molecule has 1 saturated carbocycles. The Labute approximate surface area is 116 Å². The molecule has 0 radical (unpaired) electrons. The summed E-state index contributed by atoms with van der Waals surface area (Å²) in [5.41, 5.74) is 0.685. The van der Waals surface area contributed by atoms with Crippen LogP contribution in [0, 0.1) is 0 Å². The lowest BCUT2D eigenvalue weighted by molar-refractivity contribution is -0.120. The number of carbonyl (C=O) groups is 1. The van der Waals surface area contributed by atoms with Gasteiger partial charge in [-0.25, -0.2) is 4.98 Å². The van der Waals surface area contributed by atoms with Gasteiger partial charge in [0.15, 0.2) is 5.16 Å². The van der Waals surface area contributed by atoms with E-state index in [9.17, 15) is 9.59 Å². The minimum atomic E-state index is -0.245. The molecule has 1 aromatic rings. The van der Waals surface area contributed by atoms with Gasteiger partial charge in [-0.3, -0.25) is 14.2 Å². The Hall–Kier alpha value is -1.30. The molecule has 0 aromatic carbocycles. The lowest BCUT2D eigenvalue weighted by Gasteiger charge is -2.13. The van der Waals surface area contributed by atoms with Crippen LogP contribution in [0.2, 0.25) is 0 Å². The number of rotatable bonds is 5. The number of aryl methyl sites for hydroxylation is 1. The van der Waals surface area contributed by atoms with Crippen molar-refractivity contribution in [3.63, 3.8) is 0 Å². The van der Waals surface area contributed by atoms with Crippen molar-refractivity contribution in [1.82, 2.24) is 14.9 Å². The summed E-state index contributed by atoms with van der Waals surface area (Å²) in [6.45, 7) is 3.80. The minimum absolute atomic E-state index is 0.0173. The third kappa shape index (κ3) is 3.59. The number of aromatic nitrogens is 2. The van der Waals surface area contributed by atoms with Crippen LogP contribution < -0.4 is 10.9 Å². The summed E-state index contributed by atoms with van der Waals surface area (Å²) < 4.78 is 1.49. The zero-order chi connectivity index (χ0) is 14.0. The molecule has 1 N–H and O–H groups in total. The van der Waals surface area contributed by atoms with Crippen LogP contribution >= 0.6 is 11.8 Å². The molecule has 2 rings (SSSR count). The van der Waals surface area contributed by atoms with E-state index in [2.05, 4.69) is 10.3 Å². The van der Waals surface area contributed by atoms with Crippen LogP contribution in [0.15, 0.2) is 16.0 Å². The van der Waals surface area contributed by atoms with Gasteiger partial charge in [0, 0.05) is 24.8 Å². The van der Waals surface area contributed by atoms with Crippen LogP contribution in [-0.2, 0) is 18.3 Å². The number of hydrogen-bond donors (Lipinski definition) is 1. The first-order chi connectivity index (χ1) is 9.01. The lowest BCUT2D eigenvalue weighted by Crippen LogP contribution is -2.33. The van der Waals surface area contributed by atoms with E-state index >= 15 is 0 Å². The molecule has 6 heteroatoms. The predicted molar refractivity (Wildman–Crippen MR) is 75.3 cm³/mol. The number of nitrogens with zero attached hydrogens (tertiary/aromatic N) is 2. The molecule has 1 fully saturated rings. The predicted octanol–water partition coefficient (Wildman–Crippen LogP) is 1.10. The molecule has 1 heterocycles. The van der Waals surface area contributed by atoms with Crippen molar-refractivity contribution in [2.24, 2.45) is 7.05 Å². The van der Waals surface area contributed by atoms with Crippen LogP contribution in [0.4, 0.5) is 0 Å². The standard InChI is InChI=1S/C13H19N3O2S/c1-4-9-7-11(17)16(3)13(15-9)19-8(2)12(18)14-10-5-6-10/h7-8,10H,4-6H2,1-3H3,(H,14,18). The highest BCUT2D eigenvalue weighted by Crippen LogP contribution is 2.23. The number of amides is 1. The first-order valence-corrected chi connectivity index (χ1v) is 7.43. The van der Waals surface area contributed by atoms with E-state index in [1.807, 2.05) is 13.8 Å². The normalized spacial score (nSPS) is 16.2. The highest BCUT2D eigenvalue weighted by molar-refractivity contribution is 8.00. The fraction of sp³-hybridized carbons (Fsp3) is 0.615. The first-order valence-electron chi connectivity index (χ1n) is 6.55. The van der Waals surface area contributed by atoms with Gasteiger partial charge in [0.25, 0.3) is 5.56 Å². The van der Waals surface area contributed by atoms with E-state index in [0.717, 1.165) is 18.5 Å². The Bertz CT molecular complexity index is 537. The minimum Gasteiger partial charge on any atom is -0.352 e. The molecule has 1 unspecified atom stereocenters. The third-order valence-corrected chi connectivity index (χ3v) is 4.23. The second kappa shape index (κ2) is 5.77. The van der Waals surface area contributed by atoms with Crippen molar-refractivity contribution >= 4 is 17.7 Å². The van der Waals surface area contributed by atoms with Gasteiger partial charge in [-0.1, -0.05) is 18.7 Å². The molecular formula is C13H19N3O2S. The van der Waals surface area contributed by atoms with Gasteiger partial charge in [0.2, 0.25) is 5.91 Å². The SMILES string of the molecule is CCc1cc(=O)n(C)c(SC(C)C(=O)NC2CC2)n1. The Morgan fingerprint density at radius 2 is 2.32 bits per heavy atom. The van der Waals surface area contributed by atoms with Gasteiger partial charge in [0.1, 0.15) is 0 Å². The van der Waals surface area contributed by atoms with Crippen LogP contribution in [0.3, 0.4) is 0 Å². The Kier molecular flexibility index (Phi) is 4.29. The highest BCUT2D eigenvalue weighted by Gasteiger charge is 2.26. The highest BCUT2D eigenvalue weighted by atomic mass is 32.2. The van der Waals surface area contributed by atoms with E-state index in [4.69, 9.17) is 0 Å². The van der Waals surface area contributed by atoms with Crippen molar-refractivity contribution in [3.05, 3.63) is 22.1 Å². The Morgan fingerprint density at radius 1 is 1.63 bits per heavy atom. The summed E-state index contributed by atoms with van der Waals surface area (Å²) in [4.78, 5) is 28.1. The van der Waals surface area contributed by atoms with Gasteiger partial charge in [0.05, 0.1) is 5.25 Å². The van der Waals surface area contributed by atoms with Crippen molar-refractivity contribution < 1.29 is 4.79 Å². The van der Waals surface area contributed by atoms with Gasteiger partial charge in [-0.2, -0.15) is 0 Å². The summed E-state index contributed by atoms with van der Waals surface area (Å²) in [5.74, 6) is 0.0173. The van der Waals surface area contributed by atoms with E-state index in [1.54, 1.807) is 13.1 Å². The molecule has 5 nitrogen and oxygen atoms in total. The fourth-order valence-corrected chi connectivity index (χ4v) is 2.52. The van der Waals surface area contributed by atoms with Gasteiger partial charge < -0.3 is 5.32 Å². The zero-order valence-corrected chi connectivity index (χ0v) is 12.3. The number of carbonyl (C=O) groups excluding carboxylic acids is 1. The van der Waals surface area contributed by atoms with E-state index < -0.39 is 0 Å². The molecule has 0 aliphatic heterocycles. The number of nitrogens with one attached hydrogen (secondary N) is 1. The first kappa shape index (κ1) is 14.1. The average molecular weight is 281 g/mol. The third-order valence-electron chi connectivity index (χ3n) is 3.08. The van der Waals surface area contributed by atoms with Crippen molar-refractivity contribution in [3.8, 4) is 0 Å². The molecule has 19 heavy (non-hydrogen) atoms. The summed E-state index contributed by atoms with van der Waals surface area (Å²) in [6, 6.07) is 1.90. The maximum Gasteiger partial charge on any atom is 0.254 e. The largest absolute Gasteiger partial charge is 0.352 e. The van der Waals surface area contributed by atoms with Gasteiger partial charge in [-0.15, -0.1) is 0 Å². The number of thioether (sulfide) groups is 1. The van der Waals surface area contributed by atoms with Crippen LogP contribution in [-0.4, -0.2) is 26.8 Å². The Balaban J connectivity index is 2.10. The monoisotopic (exact) mass is 281 g/mol. The van der Waals surface area contributed by atoms with Crippen LogP contribution in [0.25, 0.3) is 0 Å². The second-order valence-corrected chi connectivity index (χ2v) is 6.13. The maximum absolute atomic E-state index is 11.9. The summed E-state index contributed by atoms with van der Waals surface area (Å²) in [6.07, 6.45) is 2.86. The van der Waals surface area contributed by atoms with Gasteiger partial charge >= 0.3 is 0 Å². The molecule has 1 aliphatic rings. The summed E-state index contributed by atoms with van der Waals surface area (Å²) in [5, 5.41) is 3.32. The van der Waals surface area contributed by atoms with Crippen molar-refractivity contribution in [2.45, 2.75) is 49.6 Å². The topological polar surface area (TPSA) is 64.0 Å². The zero-order valence-electron chi connectivity index (χ0n) is 11.5. The number of hydrogen-bond acceptors (Lipinski definition) is 4. The molecule has 1 atom stereocenters. The molecule has 1 aliphatic carbocycles. The smallest absolute Gasteiger partial charge is 0.254 e. The quantitative estimate of drug-likeness (QED) is 0.648. The molecule has 1 aromatic heterocycles. The van der Waals surface area contributed by atoms with E-state index in [0.29, 0.717) is 17.6 Å². The molecule has 0 saturated heterocycles. The van der Waals surface area contributed by atoms with Crippen LogP contribution in [0.5, 0.6) is 0 Å². The maximum atomic E-state index is 11.9. The molecular weight excluding hydrogens is 262 g/mol. The fourth-order valence-electron chi connectivity index (χ4n) is 1.61. The second-order valence-electron chi connectivity index (χ2n) is 4.82. The summed E-state index contributed by atoms with van der Waals surface area (Å²) >= 11 is 1.33. The summed E-state index contributed by atoms with van der Waals surface area (Å²) in [7, 11) is 1.68. The van der Waals surface area contributed by atoms with E-state index in [1.165, 1.54) is 16.3 Å². The van der Waals surface area contributed by atoms with Crippen molar-refractivity contribution in [2.75, 3.05) is 0 Å². The lowest BCUT2D eigenvalue weighted by atomic mass is 10.3. The molecule has 1 amide bonds. The van der Waals surface area contributed by atoms with Crippen molar-refractivity contribution in [1.29, 1.82) is 0 Å². The van der Waals surface area contributed by atoms with E-state index in [-0.39, 0.29) is 16.7 Å². The molecule has 0 spiro atoms. The molecule has 104 valence electrons. The van der Waals surface area contributed by atoms with Gasteiger partial charge in [-0.05, 0) is 26.2 Å².